The average molecular weight is 450 g/mol. The summed E-state index contributed by atoms with van der Waals surface area (Å²) in [6, 6.07) is 15.7. The normalized spacial score (nSPS) is 13.8. The lowest BCUT2D eigenvalue weighted by molar-refractivity contribution is -0.115. The number of anilines is 1. The van der Waals surface area contributed by atoms with Gasteiger partial charge in [0.15, 0.2) is 16.8 Å². The largest absolute Gasteiger partial charge is 0.326 e. The zero-order chi connectivity index (χ0) is 22.7. The molecule has 0 saturated carbocycles. The fourth-order valence-electron chi connectivity index (χ4n) is 3.96. The molecular formula is C24H27N5O2S. The maximum atomic E-state index is 12.9. The first-order valence-electron chi connectivity index (χ1n) is 10.7. The molecule has 1 atom stereocenters. The van der Waals surface area contributed by atoms with Gasteiger partial charge in [0.05, 0.1) is 24.8 Å². The number of nitrogens with zero attached hydrogens (tertiary/aromatic N) is 4. The van der Waals surface area contributed by atoms with Gasteiger partial charge in [0.2, 0.25) is 5.91 Å². The second-order valence-corrected chi connectivity index (χ2v) is 9.05. The molecule has 0 radical (unpaired) electrons. The van der Waals surface area contributed by atoms with Crippen LogP contribution in [-0.4, -0.2) is 51.2 Å². The third-order valence-electron chi connectivity index (χ3n) is 5.62. The zero-order valence-corrected chi connectivity index (χ0v) is 19.4. The highest BCUT2D eigenvalue weighted by Gasteiger charge is 2.23. The number of ketones is 1. The summed E-state index contributed by atoms with van der Waals surface area (Å²) >= 11 is 1.40. The maximum Gasteiger partial charge on any atom is 0.228 e. The summed E-state index contributed by atoms with van der Waals surface area (Å²) < 4.78 is 2.12. The zero-order valence-electron chi connectivity index (χ0n) is 18.5. The Bertz CT molecular complexity index is 1130. The Morgan fingerprint density at radius 3 is 2.69 bits per heavy atom. The highest BCUT2D eigenvalue weighted by Crippen LogP contribution is 2.28. The van der Waals surface area contributed by atoms with E-state index in [0.717, 1.165) is 34.2 Å². The number of Topliss-reactive ketones (excluding diaryl/α,β-unsaturated/α-hetero) is 1. The number of benzene rings is 2. The molecule has 8 heteroatoms. The first kappa shape index (κ1) is 22.2. The number of thioether (sulfide) groups is 1. The monoisotopic (exact) mass is 449 g/mol. The number of fused-ring (bicyclic) bond motifs is 1. The standard InChI is InChI=1S/C24H27N5O2S/c1-4-20(28(2)3)23-26-27-24(29(23)14-16-8-6-5-7-9-16)32-15-21(30)17-10-11-19-18(12-17)13-22(31)25-19/h5-12,20H,4,13-15H2,1-3H3,(H,25,31)/t20-/m0/s1. The number of rotatable bonds is 9. The summed E-state index contributed by atoms with van der Waals surface area (Å²) in [7, 11) is 4.08. The topological polar surface area (TPSA) is 80.1 Å². The number of hydrogen-bond donors (Lipinski definition) is 1. The number of aromatic nitrogens is 3. The van der Waals surface area contributed by atoms with E-state index in [1.54, 1.807) is 12.1 Å². The lowest BCUT2D eigenvalue weighted by Crippen LogP contribution is -2.23. The number of hydrogen-bond acceptors (Lipinski definition) is 6. The van der Waals surface area contributed by atoms with Crippen LogP contribution in [0.25, 0.3) is 0 Å². The SMILES string of the molecule is CC[C@@H](c1nnc(SCC(=O)c2ccc3c(c2)CC(=O)N3)n1Cc1ccccc1)N(C)C. The van der Waals surface area contributed by atoms with Crippen molar-refractivity contribution >= 4 is 29.1 Å². The molecule has 2 aromatic carbocycles. The molecule has 0 spiro atoms. The predicted octanol–water partition coefficient (Wildman–Crippen LogP) is 3.81. The molecule has 0 saturated heterocycles. The Morgan fingerprint density at radius 2 is 1.97 bits per heavy atom. The highest BCUT2D eigenvalue weighted by molar-refractivity contribution is 7.99. The van der Waals surface area contributed by atoms with Gasteiger partial charge in [0.1, 0.15) is 0 Å². The summed E-state index contributed by atoms with van der Waals surface area (Å²) in [5, 5.41) is 12.5. The van der Waals surface area contributed by atoms with Crippen molar-refractivity contribution in [2.75, 3.05) is 25.2 Å². The van der Waals surface area contributed by atoms with Crippen molar-refractivity contribution in [2.45, 2.75) is 37.5 Å². The Labute approximate surface area is 192 Å². The van der Waals surface area contributed by atoms with Crippen LogP contribution < -0.4 is 5.32 Å². The van der Waals surface area contributed by atoms with Crippen LogP contribution in [0.15, 0.2) is 53.7 Å². The molecule has 0 fully saturated rings. The van der Waals surface area contributed by atoms with Gasteiger partial charge in [0, 0.05) is 11.3 Å². The van der Waals surface area contributed by atoms with Gasteiger partial charge in [-0.2, -0.15) is 0 Å². The van der Waals surface area contributed by atoms with Crippen LogP contribution in [0.1, 0.15) is 46.7 Å². The van der Waals surface area contributed by atoms with Gasteiger partial charge in [-0.3, -0.25) is 14.5 Å². The lowest BCUT2D eigenvalue weighted by Gasteiger charge is -2.23. The lowest BCUT2D eigenvalue weighted by atomic mass is 10.1. The molecule has 0 aliphatic carbocycles. The van der Waals surface area contributed by atoms with Crippen LogP contribution >= 0.6 is 11.8 Å². The average Bonchev–Trinajstić information content (AvgIpc) is 3.35. The van der Waals surface area contributed by atoms with Crippen molar-refractivity contribution in [3.8, 4) is 0 Å². The minimum absolute atomic E-state index is 0.00705. The van der Waals surface area contributed by atoms with Crippen LogP contribution in [-0.2, 0) is 17.8 Å². The third-order valence-corrected chi connectivity index (χ3v) is 6.59. The summed E-state index contributed by atoms with van der Waals surface area (Å²) in [6.45, 7) is 2.78. The Hall–Kier alpha value is -2.97. The fourth-order valence-corrected chi connectivity index (χ4v) is 4.80. The Kier molecular flexibility index (Phi) is 6.72. The minimum Gasteiger partial charge on any atom is -0.326 e. The first-order chi connectivity index (χ1) is 15.5. The molecule has 0 unspecified atom stereocenters. The summed E-state index contributed by atoms with van der Waals surface area (Å²) in [5.41, 5.74) is 3.44. The maximum absolute atomic E-state index is 12.9. The highest BCUT2D eigenvalue weighted by atomic mass is 32.2. The van der Waals surface area contributed by atoms with E-state index in [9.17, 15) is 9.59 Å². The third kappa shape index (κ3) is 4.76. The summed E-state index contributed by atoms with van der Waals surface area (Å²) in [6.07, 6.45) is 1.23. The van der Waals surface area contributed by atoms with Gasteiger partial charge in [-0.25, -0.2) is 0 Å². The van der Waals surface area contributed by atoms with Gasteiger partial charge in [-0.15, -0.1) is 10.2 Å². The minimum atomic E-state index is -0.0353. The van der Waals surface area contributed by atoms with E-state index in [0.29, 0.717) is 18.5 Å². The van der Waals surface area contributed by atoms with Crippen molar-refractivity contribution in [1.82, 2.24) is 19.7 Å². The van der Waals surface area contributed by atoms with Gasteiger partial charge in [-0.1, -0.05) is 49.0 Å². The molecule has 4 rings (SSSR count). The van der Waals surface area contributed by atoms with E-state index in [-0.39, 0.29) is 23.5 Å². The number of amides is 1. The number of carbonyl (C=O) groups is 2. The van der Waals surface area contributed by atoms with E-state index in [4.69, 9.17) is 0 Å². The van der Waals surface area contributed by atoms with Crippen molar-refractivity contribution in [3.63, 3.8) is 0 Å². The second kappa shape index (κ2) is 9.67. The van der Waals surface area contributed by atoms with Crippen LogP contribution in [0.3, 0.4) is 0 Å². The van der Waals surface area contributed by atoms with E-state index >= 15 is 0 Å². The molecule has 2 heterocycles. The molecule has 1 aliphatic rings. The molecule has 1 amide bonds. The summed E-state index contributed by atoms with van der Waals surface area (Å²) in [5.74, 6) is 1.13. The molecule has 3 aromatic rings. The molecular weight excluding hydrogens is 422 g/mol. The molecule has 32 heavy (non-hydrogen) atoms. The number of carbonyl (C=O) groups excluding carboxylic acids is 2. The first-order valence-corrected chi connectivity index (χ1v) is 11.7. The molecule has 166 valence electrons. The van der Waals surface area contributed by atoms with E-state index < -0.39 is 0 Å². The van der Waals surface area contributed by atoms with E-state index in [1.165, 1.54) is 11.8 Å². The van der Waals surface area contributed by atoms with Crippen LogP contribution in [0, 0.1) is 0 Å². The summed E-state index contributed by atoms with van der Waals surface area (Å²) in [4.78, 5) is 26.6. The van der Waals surface area contributed by atoms with Gasteiger partial charge in [-0.05, 0) is 49.8 Å². The smallest absolute Gasteiger partial charge is 0.228 e. The molecule has 1 aliphatic heterocycles. The second-order valence-electron chi connectivity index (χ2n) is 8.11. The Balaban J connectivity index is 1.55. The van der Waals surface area contributed by atoms with Gasteiger partial charge >= 0.3 is 0 Å². The van der Waals surface area contributed by atoms with E-state index in [1.807, 2.05) is 38.4 Å². The van der Waals surface area contributed by atoms with Gasteiger partial charge in [0.25, 0.3) is 0 Å². The molecule has 1 aromatic heterocycles. The fraction of sp³-hybridized carbons (Fsp3) is 0.333. The van der Waals surface area contributed by atoms with Crippen molar-refractivity contribution in [1.29, 1.82) is 0 Å². The van der Waals surface area contributed by atoms with Crippen LogP contribution in [0.5, 0.6) is 0 Å². The predicted molar refractivity (Wildman–Crippen MR) is 126 cm³/mol. The van der Waals surface area contributed by atoms with Crippen molar-refractivity contribution in [3.05, 3.63) is 71.0 Å². The van der Waals surface area contributed by atoms with Crippen molar-refractivity contribution in [2.24, 2.45) is 0 Å². The molecule has 7 nitrogen and oxygen atoms in total. The van der Waals surface area contributed by atoms with Crippen molar-refractivity contribution < 1.29 is 9.59 Å². The quantitative estimate of drug-likeness (QED) is 0.395. The van der Waals surface area contributed by atoms with Crippen LogP contribution in [0.4, 0.5) is 5.69 Å². The Morgan fingerprint density at radius 1 is 1.19 bits per heavy atom. The number of nitrogens with one attached hydrogen (secondary N) is 1. The van der Waals surface area contributed by atoms with Crippen LogP contribution in [0.2, 0.25) is 0 Å². The molecule has 1 N–H and O–H groups in total. The molecule has 0 bridgehead atoms. The van der Waals surface area contributed by atoms with Gasteiger partial charge < -0.3 is 9.88 Å². The van der Waals surface area contributed by atoms with E-state index in [2.05, 4.69) is 44.0 Å².